The Morgan fingerprint density at radius 1 is 1.10 bits per heavy atom. The molecule has 1 heterocycles. The maximum atomic E-state index is 12.5. The van der Waals surface area contributed by atoms with Crippen LogP contribution in [-0.2, 0) is 22.6 Å². The molecule has 3 rings (SSSR count). The second-order valence-corrected chi connectivity index (χ2v) is 9.41. The van der Waals surface area contributed by atoms with Gasteiger partial charge >= 0.3 is 0 Å². The second-order valence-electron chi connectivity index (χ2n) is 8.47. The van der Waals surface area contributed by atoms with Crippen molar-refractivity contribution in [3.8, 4) is 0 Å². The minimum atomic E-state index is -0.132. The summed E-state index contributed by atoms with van der Waals surface area (Å²) in [6.45, 7) is 8.85. The second kappa shape index (κ2) is 10.8. The van der Waals surface area contributed by atoms with Gasteiger partial charge in [-0.1, -0.05) is 37.6 Å². The number of rotatable bonds is 8. The molecule has 2 aromatic rings. The van der Waals surface area contributed by atoms with Gasteiger partial charge in [-0.3, -0.25) is 9.59 Å². The van der Waals surface area contributed by atoms with E-state index in [1.54, 1.807) is 0 Å². The van der Waals surface area contributed by atoms with Gasteiger partial charge in [-0.05, 0) is 62.8 Å². The number of amides is 2. The number of carbonyl (C=O) groups excluding carboxylic acids is 2. The summed E-state index contributed by atoms with van der Waals surface area (Å²) in [5.41, 5.74) is 2.99. The van der Waals surface area contributed by atoms with Crippen molar-refractivity contribution in [3.63, 3.8) is 0 Å². The molecule has 0 bridgehead atoms. The summed E-state index contributed by atoms with van der Waals surface area (Å²) >= 11 is 1.37. The number of aromatic nitrogens is 3. The Balaban J connectivity index is 1.55. The topological polar surface area (TPSA) is 88.9 Å². The molecule has 31 heavy (non-hydrogen) atoms. The standard InChI is InChI=1S/C23H33N5O2S/c1-5-28-20(13-21(29)24-18-11-15(2)10-16(3)12-18)26-27-23(28)31-14-22(30)25-19-9-7-6-8-17(19)4/h10-12,17,19H,5-9,13-14H2,1-4H3,(H,24,29)(H,25,30)/t17-,19-/m1/s1. The van der Waals surface area contributed by atoms with Crippen LogP contribution in [0.15, 0.2) is 23.4 Å². The Bertz CT molecular complexity index is 906. The van der Waals surface area contributed by atoms with Gasteiger partial charge in [0.15, 0.2) is 5.16 Å². The average Bonchev–Trinajstić information content (AvgIpc) is 3.08. The monoisotopic (exact) mass is 443 g/mol. The van der Waals surface area contributed by atoms with E-state index in [4.69, 9.17) is 0 Å². The number of benzene rings is 1. The summed E-state index contributed by atoms with van der Waals surface area (Å²) in [6, 6.07) is 6.23. The zero-order chi connectivity index (χ0) is 22.4. The fourth-order valence-electron chi connectivity index (χ4n) is 4.18. The maximum absolute atomic E-state index is 12.5. The van der Waals surface area contributed by atoms with E-state index in [1.807, 2.05) is 37.5 Å². The molecule has 0 unspecified atom stereocenters. The Labute approximate surface area is 188 Å². The first-order valence-electron chi connectivity index (χ1n) is 11.1. The molecule has 7 nitrogen and oxygen atoms in total. The van der Waals surface area contributed by atoms with Crippen molar-refractivity contribution in [2.45, 2.75) is 77.5 Å². The lowest BCUT2D eigenvalue weighted by Crippen LogP contribution is -2.41. The molecular formula is C23H33N5O2S. The fraction of sp³-hybridized carbons (Fsp3) is 0.565. The number of hydrogen-bond donors (Lipinski definition) is 2. The molecule has 1 saturated carbocycles. The van der Waals surface area contributed by atoms with Gasteiger partial charge in [0, 0.05) is 18.3 Å². The summed E-state index contributed by atoms with van der Waals surface area (Å²) in [7, 11) is 0. The zero-order valence-corrected chi connectivity index (χ0v) is 19.7. The van der Waals surface area contributed by atoms with Crippen molar-refractivity contribution in [3.05, 3.63) is 35.2 Å². The van der Waals surface area contributed by atoms with Crippen LogP contribution in [0, 0.1) is 19.8 Å². The summed E-state index contributed by atoms with van der Waals surface area (Å²) in [6.07, 6.45) is 4.81. The van der Waals surface area contributed by atoms with E-state index in [0.717, 1.165) is 23.2 Å². The number of aryl methyl sites for hydroxylation is 2. The lowest BCUT2D eigenvalue weighted by Gasteiger charge is -2.29. The molecule has 1 aliphatic carbocycles. The number of nitrogens with zero attached hydrogens (tertiary/aromatic N) is 3. The molecule has 1 fully saturated rings. The quantitative estimate of drug-likeness (QED) is 0.605. The molecule has 168 valence electrons. The van der Waals surface area contributed by atoms with Crippen LogP contribution in [0.5, 0.6) is 0 Å². The van der Waals surface area contributed by atoms with Crippen LogP contribution in [0.1, 0.15) is 56.5 Å². The predicted molar refractivity (Wildman–Crippen MR) is 124 cm³/mol. The Morgan fingerprint density at radius 2 is 1.81 bits per heavy atom. The number of anilines is 1. The lowest BCUT2D eigenvalue weighted by atomic mass is 9.86. The molecule has 1 aromatic heterocycles. The van der Waals surface area contributed by atoms with Crippen LogP contribution in [0.3, 0.4) is 0 Å². The number of nitrogens with one attached hydrogen (secondary N) is 2. The highest BCUT2D eigenvalue weighted by atomic mass is 32.2. The largest absolute Gasteiger partial charge is 0.352 e. The Kier molecular flexibility index (Phi) is 8.12. The predicted octanol–water partition coefficient (Wildman–Crippen LogP) is 3.88. The van der Waals surface area contributed by atoms with Crippen LogP contribution in [-0.4, -0.2) is 38.4 Å². The molecule has 0 radical (unpaired) electrons. The minimum Gasteiger partial charge on any atom is -0.352 e. The van der Waals surface area contributed by atoms with Crippen molar-refractivity contribution in [1.29, 1.82) is 0 Å². The highest BCUT2D eigenvalue weighted by molar-refractivity contribution is 7.99. The van der Waals surface area contributed by atoms with Crippen molar-refractivity contribution >= 4 is 29.3 Å². The van der Waals surface area contributed by atoms with E-state index in [-0.39, 0.29) is 24.3 Å². The summed E-state index contributed by atoms with van der Waals surface area (Å²) in [5.74, 6) is 1.34. The van der Waals surface area contributed by atoms with Crippen LogP contribution in [0.2, 0.25) is 0 Å². The van der Waals surface area contributed by atoms with Gasteiger partial charge in [0.1, 0.15) is 5.82 Å². The van der Waals surface area contributed by atoms with E-state index in [9.17, 15) is 9.59 Å². The molecule has 1 aliphatic rings. The maximum Gasteiger partial charge on any atom is 0.232 e. The lowest BCUT2D eigenvalue weighted by molar-refractivity contribution is -0.120. The van der Waals surface area contributed by atoms with E-state index in [2.05, 4.69) is 33.8 Å². The van der Waals surface area contributed by atoms with Gasteiger partial charge in [-0.2, -0.15) is 0 Å². The number of thioether (sulfide) groups is 1. The SMILES string of the molecule is CCn1c(CC(=O)Nc2cc(C)cc(C)c2)nnc1SCC(=O)N[C@@H]1CCCC[C@H]1C. The third kappa shape index (κ3) is 6.56. The van der Waals surface area contributed by atoms with Crippen LogP contribution in [0.25, 0.3) is 0 Å². The molecule has 0 spiro atoms. The number of hydrogen-bond acceptors (Lipinski definition) is 5. The highest BCUT2D eigenvalue weighted by Crippen LogP contribution is 2.24. The fourth-order valence-corrected chi connectivity index (χ4v) is 5.01. The summed E-state index contributed by atoms with van der Waals surface area (Å²) in [4.78, 5) is 25.0. The first kappa shape index (κ1) is 23.3. The van der Waals surface area contributed by atoms with Crippen LogP contribution in [0.4, 0.5) is 5.69 Å². The average molecular weight is 444 g/mol. The normalized spacial score (nSPS) is 18.6. The Morgan fingerprint density at radius 3 is 2.48 bits per heavy atom. The third-order valence-electron chi connectivity index (χ3n) is 5.72. The van der Waals surface area contributed by atoms with Crippen molar-refractivity contribution in [2.75, 3.05) is 11.1 Å². The smallest absolute Gasteiger partial charge is 0.232 e. The molecule has 8 heteroatoms. The molecule has 0 aliphatic heterocycles. The first-order valence-corrected chi connectivity index (χ1v) is 12.1. The van der Waals surface area contributed by atoms with Crippen LogP contribution >= 0.6 is 11.8 Å². The summed E-state index contributed by atoms with van der Waals surface area (Å²) in [5, 5.41) is 15.2. The van der Waals surface area contributed by atoms with Gasteiger partial charge < -0.3 is 15.2 Å². The molecule has 2 N–H and O–H groups in total. The molecular weight excluding hydrogens is 410 g/mol. The highest BCUT2D eigenvalue weighted by Gasteiger charge is 2.23. The van der Waals surface area contributed by atoms with E-state index in [1.165, 1.54) is 31.0 Å². The minimum absolute atomic E-state index is 0.0310. The van der Waals surface area contributed by atoms with E-state index < -0.39 is 0 Å². The van der Waals surface area contributed by atoms with Gasteiger partial charge in [0.05, 0.1) is 12.2 Å². The first-order chi connectivity index (χ1) is 14.9. The van der Waals surface area contributed by atoms with Gasteiger partial charge in [-0.15, -0.1) is 10.2 Å². The zero-order valence-electron chi connectivity index (χ0n) is 18.9. The number of carbonyl (C=O) groups is 2. The van der Waals surface area contributed by atoms with Gasteiger partial charge in [0.2, 0.25) is 11.8 Å². The van der Waals surface area contributed by atoms with Crippen molar-refractivity contribution < 1.29 is 9.59 Å². The Hall–Kier alpha value is -2.35. The molecule has 2 atom stereocenters. The molecule has 1 aromatic carbocycles. The van der Waals surface area contributed by atoms with Crippen molar-refractivity contribution in [1.82, 2.24) is 20.1 Å². The molecule has 0 saturated heterocycles. The van der Waals surface area contributed by atoms with Gasteiger partial charge in [-0.25, -0.2) is 0 Å². The molecule has 2 amide bonds. The van der Waals surface area contributed by atoms with E-state index >= 15 is 0 Å². The van der Waals surface area contributed by atoms with Crippen molar-refractivity contribution in [2.24, 2.45) is 5.92 Å². The van der Waals surface area contributed by atoms with E-state index in [0.29, 0.717) is 29.2 Å². The third-order valence-corrected chi connectivity index (χ3v) is 6.69. The summed E-state index contributed by atoms with van der Waals surface area (Å²) < 4.78 is 1.91. The van der Waals surface area contributed by atoms with Gasteiger partial charge in [0.25, 0.3) is 0 Å². The van der Waals surface area contributed by atoms with Crippen LogP contribution < -0.4 is 10.6 Å².